The van der Waals surface area contributed by atoms with Crippen molar-refractivity contribution >= 4 is 23.0 Å². The SMILES string of the molecule is Cc1nc(CN(C)c2cnc(C(C)C)nc2C(=O)O)cs1. The molecule has 6 nitrogen and oxygen atoms in total. The monoisotopic (exact) mass is 306 g/mol. The van der Waals surface area contributed by atoms with Crippen molar-refractivity contribution in [2.75, 3.05) is 11.9 Å². The number of carboxylic acid groups (broad SMARTS) is 1. The fourth-order valence-electron chi connectivity index (χ4n) is 1.91. The molecule has 112 valence electrons. The van der Waals surface area contributed by atoms with Gasteiger partial charge < -0.3 is 10.0 Å². The molecule has 2 rings (SSSR count). The summed E-state index contributed by atoms with van der Waals surface area (Å²) in [5.74, 6) is -0.423. The summed E-state index contributed by atoms with van der Waals surface area (Å²) in [6.07, 6.45) is 1.57. The maximum Gasteiger partial charge on any atom is 0.356 e. The Morgan fingerprint density at radius 2 is 2.14 bits per heavy atom. The fraction of sp³-hybridized carbons (Fsp3) is 0.429. The molecule has 0 atom stereocenters. The van der Waals surface area contributed by atoms with E-state index in [0.29, 0.717) is 18.1 Å². The lowest BCUT2D eigenvalue weighted by atomic mass is 10.2. The van der Waals surface area contributed by atoms with Gasteiger partial charge in [0.05, 0.1) is 29.1 Å². The van der Waals surface area contributed by atoms with Crippen molar-refractivity contribution in [3.05, 3.63) is 33.8 Å². The van der Waals surface area contributed by atoms with Crippen LogP contribution in [0.15, 0.2) is 11.6 Å². The Morgan fingerprint density at radius 3 is 2.67 bits per heavy atom. The van der Waals surface area contributed by atoms with E-state index in [0.717, 1.165) is 10.7 Å². The molecule has 2 heterocycles. The molecule has 0 spiro atoms. The minimum atomic E-state index is -1.05. The molecule has 1 N–H and O–H groups in total. The molecular formula is C14H18N4O2S. The molecule has 21 heavy (non-hydrogen) atoms. The average Bonchev–Trinajstić information content (AvgIpc) is 2.83. The third kappa shape index (κ3) is 3.55. The minimum absolute atomic E-state index is 0.0307. The molecule has 0 aliphatic rings. The zero-order valence-electron chi connectivity index (χ0n) is 12.5. The van der Waals surface area contributed by atoms with Crippen LogP contribution in [0.25, 0.3) is 0 Å². The van der Waals surface area contributed by atoms with E-state index in [-0.39, 0.29) is 11.6 Å². The molecule has 0 bridgehead atoms. The molecule has 0 saturated carbocycles. The van der Waals surface area contributed by atoms with E-state index in [9.17, 15) is 9.90 Å². The van der Waals surface area contributed by atoms with Crippen LogP contribution < -0.4 is 4.90 Å². The van der Waals surface area contributed by atoms with Crippen LogP contribution in [0.1, 0.15) is 46.8 Å². The van der Waals surface area contributed by atoms with Crippen molar-refractivity contribution < 1.29 is 9.90 Å². The van der Waals surface area contributed by atoms with E-state index in [4.69, 9.17) is 0 Å². The fourth-order valence-corrected chi connectivity index (χ4v) is 2.52. The molecule has 0 aliphatic carbocycles. The van der Waals surface area contributed by atoms with Gasteiger partial charge in [-0.25, -0.2) is 19.7 Å². The van der Waals surface area contributed by atoms with Crippen LogP contribution in [0.2, 0.25) is 0 Å². The second kappa shape index (κ2) is 6.17. The highest BCUT2D eigenvalue weighted by molar-refractivity contribution is 7.09. The molecule has 0 aliphatic heterocycles. The van der Waals surface area contributed by atoms with Crippen LogP contribution in [0.4, 0.5) is 5.69 Å². The van der Waals surface area contributed by atoms with E-state index in [2.05, 4.69) is 15.0 Å². The molecule has 0 radical (unpaired) electrons. The molecule has 0 amide bonds. The molecule has 0 unspecified atom stereocenters. The highest BCUT2D eigenvalue weighted by Crippen LogP contribution is 2.21. The lowest BCUT2D eigenvalue weighted by molar-refractivity contribution is 0.0690. The van der Waals surface area contributed by atoms with Gasteiger partial charge in [-0.2, -0.15) is 0 Å². The van der Waals surface area contributed by atoms with Crippen molar-refractivity contribution in [1.29, 1.82) is 0 Å². The number of aryl methyl sites for hydroxylation is 1. The van der Waals surface area contributed by atoms with Crippen LogP contribution in [0.5, 0.6) is 0 Å². The topological polar surface area (TPSA) is 79.2 Å². The van der Waals surface area contributed by atoms with E-state index >= 15 is 0 Å². The predicted octanol–water partition coefficient (Wildman–Crippen LogP) is 2.70. The van der Waals surface area contributed by atoms with Gasteiger partial charge in [-0.3, -0.25) is 0 Å². The van der Waals surface area contributed by atoms with Gasteiger partial charge in [-0.05, 0) is 6.92 Å². The summed E-state index contributed by atoms with van der Waals surface area (Å²) in [7, 11) is 1.81. The number of carboxylic acids is 1. The second-order valence-electron chi connectivity index (χ2n) is 5.14. The number of hydrogen-bond donors (Lipinski definition) is 1. The summed E-state index contributed by atoms with van der Waals surface area (Å²) in [5.41, 5.74) is 1.44. The third-order valence-corrected chi connectivity index (χ3v) is 3.81. The van der Waals surface area contributed by atoms with Gasteiger partial charge in [-0.1, -0.05) is 13.8 Å². The van der Waals surface area contributed by atoms with Crippen molar-refractivity contribution in [2.45, 2.75) is 33.2 Å². The standard InChI is InChI=1S/C14H18N4O2S/c1-8(2)13-15-5-11(12(17-13)14(19)20)18(4)6-10-7-21-9(3)16-10/h5,7-8H,6H2,1-4H3,(H,19,20). The van der Waals surface area contributed by atoms with Crippen molar-refractivity contribution in [1.82, 2.24) is 15.0 Å². The first-order valence-electron chi connectivity index (χ1n) is 6.61. The van der Waals surface area contributed by atoms with Gasteiger partial charge in [0.15, 0.2) is 5.69 Å². The zero-order valence-corrected chi connectivity index (χ0v) is 13.3. The summed E-state index contributed by atoms with van der Waals surface area (Å²) in [4.78, 5) is 26.0. The summed E-state index contributed by atoms with van der Waals surface area (Å²) < 4.78 is 0. The van der Waals surface area contributed by atoms with Gasteiger partial charge in [0.2, 0.25) is 0 Å². The molecule has 0 fully saturated rings. The van der Waals surface area contributed by atoms with Gasteiger partial charge in [0.1, 0.15) is 5.82 Å². The van der Waals surface area contributed by atoms with Gasteiger partial charge >= 0.3 is 5.97 Å². The van der Waals surface area contributed by atoms with Crippen LogP contribution >= 0.6 is 11.3 Å². The first kappa shape index (κ1) is 15.4. The Bertz CT molecular complexity index is 654. The molecule has 0 saturated heterocycles. The molecule has 2 aromatic heterocycles. The maximum atomic E-state index is 11.4. The number of nitrogens with zero attached hydrogens (tertiary/aromatic N) is 4. The number of rotatable bonds is 5. The highest BCUT2D eigenvalue weighted by Gasteiger charge is 2.19. The predicted molar refractivity (Wildman–Crippen MR) is 82.0 cm³/mol. The molecule has 2 aromatic rings. The minimum Gasteiger partial charge on any atom is -0.476 e. The number of anilines is 1. The number of aromatic nitrogens is 3. The molecule has 0 aromatic carbocycles. The van der Waals surface area contributed by atoms with Gasteiger partial charge in [0, 0.05) is 18.3 Å². The lowest BCUT2D eigenvalue weighted by Crippen LogP contribution is -2.21. The number of carbonyl (C=O) groups is 1. The van der Waals surface area contributed by atoms with Crippen molar-refractivity contribution in [3.63, 3.8) is 0 Å². The van der Waals surface area contributed by atoms with E-state index in [1.54, 1.807) is 17.5 Å². The summed E-state index contributed by atoms with van der Waals surface area (Å²) in [6.45, 7) is 6.33. The number of hydrogen-bond acceptors (Lipinski definition) is 6. The number of thiazole rings is 1. The van der Waals surface area contributed by atoms with Gasteiger partial charge in [-0.15, -0.1) is 11.3 Å². The molecule has 7 heteroatoms. The van der Waals surface area contributed by atoms with Gasteiger partial charge in [0.25, 0.3) is 0 Å². The summed E-state index contributed by atoms with van der Waals surface area (Å²) >= 11 is 1.57. The Morgan fingerprint density at radius 1 is 1.43 bits per heavy atom. The van der Waals surface area contributed by atoms with Crippen LogP contribution in [-0.2, 0) is 6.54 Å². The lowest BCUT2D eigenvalue weighted by Gasteiger charge is -2.20. The van der Waals surface area contributed by atoms with Crippen LogP contribution in [-0.4, -0.2) is 33.1 Å². The summed E-state index contributed by atoms with van der Waals surface area (Å²) in [5, 5.41) is 12.3. The van der Waals surface area contributed by atoms with E-state index in [1.807, 2.05) is 38.1 Å². The van der Waals surface area contributed by atoms with E-state index in [1.165, 1.54) is 0 Å². The van der Waals surface area contributed by atoms with Crippen molar-refractivity contribution in [3.8, 4) is 0 Å². The quantitative estimate of drug-likeness (QED) is 0.915. The largest absolute Gasteiger partial charge is 0.476 e. The zero-order chi connectivity index (χ0) is 15.6. The average molecular weight is 306 g/mol. The van der Waals surface area contributed by atoms with Crippen LogP contribution in [0.3, 0.4) is 0 Å². The van der Waals surface area contributed by atoms with Crippen molar-refractivity contribution in [2.24, 2.45) is 0 Å². The maximum absolute atomic E-state index is 11.4. The van der Waals surface area contributed by atoms with Crippen LogP contribution in [0, 0.1) is 6.92 Å². The Kier molecular flexibility index (Phi) is 4.52. The first-order chi connectivity index (χ1) is 9.88. The second-order valence-corrected chi connectivity index (χ2v) is 6.20. The smallest absolute Gasteiger partial charge is 0.356 e. The molecular weight excluding hydrogens is 288 g/mol. The first-order valence-corrected chi connectivity index (χ1v) is 7.48. The Labute approximate surface area is 127 Å². The summed E-state index contributed by atoms with van der Waals surface area (Å²) in [6, 6.07) is 0. The Balaban J connectivity index is 2.31. The highest BCUT2D eigenvalue weighted by atomic mass is 32.1. The normalized spacial score (nSPS) is 10.9. The number of aromatic carboxylic acids is 1. The third-order valence-electron chi connectivity index (χ3n) is 2.98. The Hall–Kier alpha value is -2.02. The van der Waals surface area contributed by atoms with E-state index < -0.39 is 5.97 Å².